The van der Waals surface area contributed by atoms with Crippen molar-refractivity contribution >= 4 is 16.0 Å². The van der Waals surface area contributed by atoms with Gasteiger partial charge in [0.15, 0.2) is 5.03 Å². The van der Waals surface area contributed by atoms with E-state index in [1.165, 1.54) is 19.4 Å². The molecule has 1 heterocycles. The van der Waals surface area contributed by atoms with Crippen LogP contribution in [-0.4, -0.2) is 35.1 Å². The Morgan fingerprint density at radius 1 is 1.47 bits per heavy atom. The van der Waals surface area contributed by atoms with Crippen LogP contribution in [0, 0.1) is 0 Å². The standard InChI is InChI=1S/C9H15N3O4S/c1-6(2)12-4-8(10-5-12)17(15,16)11-7(3)9(13)14/h4-7,11H,1-3H3,(H,13,14)/t7-/m0/s1. The van der Waals surface area contributed by atoms with E-state index in [0.29, 0.717) is 0 Å². The van der Waals surface area contributed by atoms with Gasteiger partial charge in [0.2, 0.25) is 0 Å². The van der Waals surface area contributed by atoms with E-state index in [9.17, 15) is 13.2 Å². The van der Waals surface area contributed by atoms with Gasteiger partial charge in [-0.1, -0.05) is 0 Å². The summed E-state index contributed by atoms with van der Waals surface area (Å²) in [6, 6.07) is -1.10. The van der Waals surface area contributed by atoms with Crippen LogP contribution in [0.2, 0.25) is 0 Å². The van der Waals surface area contributed by atoms with E-state index in [4.69, 9.17) is 5.11 Å². The van der Waals surface area contributed by atoms with Crippen molar-refractivity contribution in [1.82, 2.24) is 14.3 Å². The Kier molecular flexibility index (Phi) is 3.89. The number of aliphatic carboxylic acids is 1. The van der Waals surface area contributed by atoms with Crippen molar-refractivity contribution < 1.29 is 18.3 Å². The summed E-state index contributed by atoms with van der Waals surface area (Å²) in [5.41, 5.74) is 0. The van der Waals surface area contributed by atoms with Crippen LogP contribution in [0.3, 0.4) is 0 Å². The van der Waals surface area contributed by atoms with E-state index < -0.39 is 22.0 Å². The summed E-state index contributed by atoms with van der Waals surface area (Å²) in [7, 11) is -3.88. The predicted molar refractivity (Wildman–Crippen MR) is 60.0 cm³/mol. The molecule has 0 aliphatic heterocycles. The molecule has 0 aliphatic rings. The molecule has 8 heteroatoms. The van der Waals surface area contributed by atoms with Crippen LogP contribution >= 0.6 is 0 Å². The van der Waals surface area contributed by atoms with Gasteiger partial charge in [0.1, 0.15) is 6.04 Å². The number of carboxylic acids is 1. The van der Waals surface area contributed by atoms with E-state index in [0.717, 1.165) is 0 Å². The minimum atomic E-state index is -3.88. The van der Waals surface area contributed by atoms with Crippen molar-refractivity contribution in [2.75, 3.05) is 0 Å². The zero-order valence-electron chi connectivity index (χ0n) is 9.78. The van der Waals surface area contributed by atoms with Gasteiger partial charge in [0, 0.05) is 12.2 Å². The van der Waals surface area contributed by atoms with Gasteiger partial charge in [0.25, 0.3) is 10.0 Å². The van der Waals surface area contributed by atoms with Crippen molar-refractivity contribution in [2.24, 2.45) is 0 Å². The van der Waals surface area contributed by atoms with Crippen molar-refractivity contribution in [2.45, 2.75) is 37.9 Å². The molecule has 0 bridgehead atoms. The number of sulfonamides is 1. The van der Waals surface area contributed by atoms with E-state index in [-0.39, 0.29) is 11.1 Å². The lowest BCUT2D eigenvalue weighted by molar-refractivity contribution is -0.138. The lowest BCUT2D eigenvalue weighted by Gasteiger charge is -2.08. The second kappa shape index (κ2) is 4.84. The molecular weight excluding hydrogens is 246 g/mol. The van der Waals surface area contributed by atoms with E-state index in [2.05, 4.69) is 4.98 Å². The lowest BCUT2D eigenvalue weighted by atomic mass is 10.4. The highest BCUT2D eigenvalue weighted by atomic mass is 32.2. The number of imidazole rings is 1. The summed E-state index contributed by atoms with van der Waals surface area (Å²) in [6.07, 6.45) is 2.76. The van der Waals surface area contributed by atoms with Crippen LogP contribution in [0.15, 0.2) is 17.6 Å². The van der Waals surface area contributed by atoms with Gasteiger partial charge in [-0.25, -0.2) is 13.4 Å². The maximum absolute atomic E-state index is 11.7. The van der Waals surface area contributed by atoms with Crippen molar-refractivity contribution in [3.05, 3.63) is 12.5 Å². The fourth-order valence-corrected chi connectivity index (χ4v) is 2.22. The summed E-state index contributed by atoms with van der Waals surface area (Å²) in [4.78, 5) is 14.3. The molecule has 0 saturated carbocycles. The quantitative estimate of drug-likeness (QED) is 0.789. The molecule has 0 spiro atoms. The van der Waals surface area contributed by atoms with Crippen LogP contribution in [0.4, 0.5) is 0 Å². The first kappa shape index (κ1) is 13.7. The van der Waals surface area contributed by atoms with E-state index in [1.54, 1.807) is 4.57 Å². The number of nitrogens with zero attached hydrogens (tertiary/aromatic N) is 2. The summed E-state index contributed by atoms with van der Waals surface area (Å²) in [5, 5.41) is 8.45. The van der Waals surface area contributed by atoms with Crippen LogP contribution in [0.25, 0.3) is 0 Å². The highest BCUT2D eigenvalue weighted by Crippen LogP contribution is 2.10. The van der Waals surface area contributed by atoms with Gasteiger partial charge in [-0.2, -0.15) is 4.72 Å². The summed E-state index contributed by atoms with van der Waals surface area (Å²) < 4.78 is 27.1. The maximum Gasteiger partial charge on any atom is 0.321 e. The number of carbonyl (C=O) groups is 1. The van der Waals surface area contributed by atoms with Gasteiger partial charge in [0.05, 0.1) is 6.33 Å². The SMILES string of the molecule is CC(C)n1cnc(S(=O)(=O)N[C@@H](C)C(=O)O)c1. The Balaban J connectivity index is 2.93. The second-order valence-electron chi connectivity index (χ2n) is 3.93. The van der Waals surface area contributed by atoms with Crippen molar-refractivity contribution in [3.63, 3.8) is 0 Å². The molecule has 1 aromatic rings. The van der Waals surface area contributed by atoms with Gasteiger partial charge in [-0.3, -0.25) is 4.79 Å². The highest BCUT2D eigenvalue weighted by molar-refractivity contribution is 7.89. The topological polar surface area (TPSA) is 101 Å². The first-order valence-electron chi connectivity index (χ1n) is 5.02. The fourth-order valence-electron chi connectivity index (χ4n) is 1.08. The second-order valence-corrected chi connectivity index (χ2v) is 5.59. The minimum absolute atomic E-state index is 0.0864. The molecule has 1 atom stereocenters. The van der Waals surface area contributed by atoms with Gasteiger partial charge >= 0.3 is 5.97 Å². The molecule has 0 aliphatic carbocycles. The number of nitrogens with one attached hydrogen (secondary N) is 1. The molecule has 0 aromatic carbocycles. The maximum atomic E-state index is 11.7. The first-order valence-corrected chi connectivity index (χ1v) is 6.51. The number of rotatable bonds is 5. The smallest absolute Gasteiger partial charge is 0.321 e. The Hall–Kier alpha value is -1.41. The Morgan fingerprint density at radius 3 is 2.47 bits per heavy atom. The van der Waals surface area contributed by atoms with Crippen LogP contribution in [0.5, 0.6) is 0 Å². The van der Waals surface area contributed by atoms with Crippen LogP contribution in [-0.2, 0) is 14.8 Å². The Morgan fingerprint density at radius 2 is 2.06 bits per heavy atom. The normalized spacial score (nSPS) is 13.9. The molecule has 1 aromatic heterocycles. The molecule has 96 valence electrons. The third-order valence-electron chi connectivity index (χ3n) is 2.15. The van der Waals surface area contributed by atoms with Crippen LogP contribution < -0.4 is 4.72 Å². The molecular formula is C9H15N3O4S. The van der Waals surface area contributed by atoms with Gasteiger partial charge in [-0.05, 0) is 20.8 Å². The molecule has 2 N–H and O–H groups in total. The highest BCUT2D eigenvalue weighted by Gasteiger charge is 2.23. The van der Waals surface area contributed by atoms with E-state index in [1.807, 2.05) is 18.6 Å². The first-order chi connectivity index (χ1) is 7.74. The molecule has 0 radical (unpaired) electrons. The summed E-state index contributed by atoms with van der Waals surface area (Å²) in [5.74, 6) is -1.24. The molecule has 0 saturated heterocycles. The third kappa shape index (κ3) is 3.27. The third-order valence-corrected chi connectivity index (χ3v) is 3.58. The number of aromatic nitrogens is 2. The van der Waals surface area contributed by atoms with Crippen LogP contribution in [0.1, 0.15) is 26.8 Å². The Bertz CT molecular complexity index is 506. The molecule has 7 nitrogen and oxygen atoms in total. The zero-order chi connectivity index (χ0) is 13.2. The molecule has 0 fully saturated rings. The largest absolute Gasteiger partial charge is 0.480 e. The monoisotopic (exact) mass is 261 g/mol. The van der Waals surface area contributed by atoms with E-state index >= 15 is 0 Å². The zero-order valence-corrected chi connectivity index (χ0v) is 10.6. The van der Waals surface area contributed by atoms with Gasteiger partial charge in [-0.15, -0.1) is 0 Å². The van der Waals surface area contributed by atoms with Gasteiger partial charge < -0.3 is 9.67 Å². The number of hydrogen-bond acceptors (Lipinski definition) is 4. The lowest BCUT2D eigenvalue weighted by Crippen LogP contribution is -2.38. The number of hydrogen-bond donors (Lipinski definition) is 2. The molecule has 17 heavy (non-hydrogen) atoms. The molecule has 0 unspecified atom stereocenters. The van der Waals surface area contributed by atoms with Crippen molar-refractivity contribution in [1.29, 1.82) is 0 Å². The summed E-state index contributed by atoms with van der Waals surface area (Å²) >= 11 is 0. The fraction of sp³-hybridized carbons (Fsp3) is 0.556. The Labute approximate surface area is 99.5 Å². The predicted octanol–water partition coefficient (Wildman–Crippen LogP) is 0.215. The number of carboxylic acid groups (broad SMARTS) is 1. The average molecular weight is 261 g/mol. The molecule has 1 rings (SSSR count). The molecule has 0 amide bonds. The summed E-state index contributed by atoms with van der Waals surface area (Å²) in [6.45, 7) is 5.01. The minimum Gasteiger partial charge on any atom is -0.480 e. The van der Waals surface area contributed by atoms with Crippen molar-refractivity contribution in [3.8, 4) is 0 Å². The average Bonchev–Trinajstić information content (AvgIpc) is 2.65.